The van der Waals surface area contributed by atoms with Crippen molar-refractivity contribution in [2.24, 2.45) is 5.92 Å². The van der Waals surface area contributed by atoms with Crippen molar-refractivity contribution in [3.8, 4) is 0 Å². The summed E-state index contributed by atoms with van der Waals surface area (Å²) in [6, 6.07) is 2.45. The van der Waals surface area contributed by atoms with E-state index in [4.69, 9.17) is 20.8 Å². The fourth-order valence-electron chi connectivity index (χ4n) is 1.51. The molecule has 6 heteroatoms. The van der Waals surface area contributed by atoms with Crippen molar-refractivity contribution >= 4 is 23.5 Å². The quantitative estimate of drug-likeness (QED) is 0.644. The molecule has 0 aliphatic carbocycles. The van der Waals surface area contributed by atoms with Gasteiger partial charge in [-0.1, -0.05) is 13.8 Å². The van der Waals surface area contributed by atoms with Crippen LogP contribution in [0.2, 0.25) is 0 Å². The van der Waals surface area contributed by atoms with E-state index in [0.717, 1.165) is 0 Å². The van der Waals surface area contributed by atoms with Gasteiger partial charge < -0.3 is 14.5 Å². The van der Waals surface area contributed by atoms with Gasteiger partial charge in [-0.15, -0.1) is 11.6 Å². The molecular formula is C13H18ClNO4. The number of rotatable bonds is 6. The van der Waals surface area contributed by atoms with E-state index in [1.54, 1.807) is 13.0 Å². The first-order valence-corrected chi connectivity index (χ1v) is 6.65. The number of hydrogen-bond acceptors (Lipinski definition) is 4. The highest BCUT2D eigenvalue weighted by Crippen LogP contribution is 2.11. The van der Waals surface area contributed by atoms with Crippen LogP contribution in [0.3, 0.4) is 0 Å². The van der Waals surface area contributed by atoms with Gasteiger partial charge in [0.05, 0.1) is 12.5 Å². The maximum atomic E-state index is 11.9. The van der Waals surface area contributed by atoms with Crippen LogP contribution in [0.5, 0.6) is 0 Å². The summed E-state index contributed by atoms with van der Waals surface area (Å²) in [6.07, 6.45) is 0. The molecule has 1 unspecified atom stereocenters. The molecule has 0 saturated carbocycles. The van der Waals surface area contributed by atoms with E-state index in [2.05, 4.69) is 5.32 Å². The van der Waals surface area contributed by atoms with Crippen LogP contribution in [0.1, 0.15) is 37.1 Å². The van der Waals surface area contributed by atoms with Gasteiger partial charge in [0.15, 0.2) is 5.76 Å². The zero-order valence-electron chi connectivity index (χ0n) is 11.2. The highest BCUT2D eigenvalue weighted by molar-refractivity contribution is 6.16. The van der Waals surface area contributed by atoms with Gasteiger partial charge >= 0.3 is 5.97 Å². The zero-order valence-corrected chi connectivity index (χ0v) is 12.0. The molecule has 1 amide bonds. The number of alkyl halides is 1. The van der Waals surface area contributed by atoms with Crippen LogP contribution in [0, 0.1) is 5.92 Å². The monoisotopic (exact) mass is 287 g/mol. The lowest BCUT2D eigenvalue weighted by Gasteiger charge is -2.19. The summed E-state index contributed by atoms with van der Waals surface area (Å²) < 4.78 is 10.1. The van der Waals surface area contributed by atoms with E-state index < -0.39 is 17.9 Å². The number of ether oxygens (including phenoxy) is 1. The highest BCUT2D eigenvalue weighted by atomic mass is 35.5. The second-order valence-corrected chi connectivity index (χ2v) is 4.61. The summed E-state index contributed by atoms with van der Waals surface area (Å²) in [6.45, 7) is 5.65. The molecule has 0 aliphatic heterocycles. The lowest BCUT2D eigenvalue weighted by Crippen LogP contribution is -2.45. The van der Waals surface area contributed by atoms with Crippen molar-refractivity contribution in [2.75, 3.05) is 6.61 Å². The van der Waals surface area contributed by atoms with Crippen LogP contribution in [-0.2, 0) is 15.4 Å². The number of carbonyl (C=O) groups excluding carboxylic acids is 2. The summed E-state index contributed by atoms with van der Waals surface area (Å²) in [7, 11) is 0. The van der Waals surface area contributed by atoms with E-state index in [0.29, 0.717) is 5.76 Å². The number of amides is 1. The van der Waals surface area contributed by atoms with Gasteiger partial charge in [0.25, 0.3) is 5.91 Å². The Morgan fingerprint density at radius 1 is 1.42 bits per heavy atom. The molecule has 0 aliphatic rings. The third-order valence-electron chi connectivity index (χ3n) is 2.51. The summed E-state index contributed by atoms with van der Waals surface area (Å²) >= 11 is 5.59. The number of carbonyl (C=O) groups is 2. The number of nitrogens with one attached hydrogen (secondary N) is 1. The van der Waals surface area contributed by atoms with Crippen LogP contribution in [0.25, 0.3) is 0 Å². The van der Waals surface area contributed by atoms with Crippen LogP contribution in [0.4, 0.5) is 0 Å². The lowest BCUT2D eigenvalue weighted by atomic mass is 10.0. The second kappa shape index (κ2) is 7.19. The molecule has 0 aromatic carbocycles. The van der Waals surface area contributed by atoms with Crippen molar-refractivity contribution < 1.29 is 18.7 Å². The smallest absolute Gasteiger partial charge is 0.328 e. The summed E-state index contributed by atoms with van der Waals surface area (Å²) in [5.41, 5.74) is 0. The van der Waals surface area contributed by atoms with Gasteiger partial charge in [-0.2, -0.15) is 0 Å². The average molecular weight is 288 g/mol. The lowest BCUT2D eigenvalue weighted by molar-refractivity contribution is -0.146. The third-order valence-corrected chi connectivity index (χ3v) is 2.77. The van der Waals surface area contributed by atoms with E-state index in [1.165, 1.54) is 6.07 Å². The minimum atomic E-state index is -0.697. The molecule has 106 valence electrons. The third kappa shape index (κ3) is 4.28. The molecule has 1 N–H and O–H groups in total. The maximum absolute atomic E-state index is 11.9. The second-order valence-electron chi connectivity index (χ2n) is 4.35. The van der Waals surface area contributed by atoms with Crippen LogP contribution < -0.4 is 5.32 Å². The highest BCUT2D eigenvalue weighted by Gasteiger charge is 2.26. The Bertz CT molecular complexity index is 442. The van der Waals surface area contributed by atoms with Crippen molar-refractivity contribution in [3.05, 3.63) is 23.7 Å². The molecule has 0 fully saturated rings. The molecule has 19 heavy (non-hydrogen) atoms. The average Bonchev–Trinajstić information content (AvgIpc) is 2.84. The predicted octanol–water partition coefficient (Wildman–Crippen LogP) is 2.34. The van der Waals surface area contributed by atoms with Crippen molar-refractivity contribution in [2.45, 2.75) is 32.7 Å². The minimum Gasteiger partial charge on any atom is -0.464 e. The number of furan rings is 1. The summed E-state index contributed by atoms with van der Waals surface area (Å²) in [5, 5.41) is 2.60. The zero-order chi connectivity index (χ0) is 14.4. The predicted molar refractivity (Wildman–Crippen MR) is 71.0 cm³/mol. The Kier molecular flexibility index (Phi) is 5.89. The van der Waals surface area contributed by atoms with E-state index >= 15 is 0 Å². The van der Waals surface area contributed by atoms with Crippen molar-refractivity contribution in [1.29, 1.82) is 0 Å². The molecule has 1 aromatic heterocycles. The number of hydrogen-bond donors (Lipinski definition) is 1. The summed E-state index contributed by atoms with van der Waals surface area (Å²) in [4.78, 5) is 23.7. The molecule has 1 heterocycles. The Labute approximate surface area is 117 Å². The van der Waals surface area contributed by atoms with Gasteiger partial charge in [0.2, 0.25) is 0 Å². The molecule has 0 bridgehead atoms. The summed E-state index contributed by atoms with van der Waals surface area (Å²) in [5.74, 6) is -0.156. The minimum absolute atomic E-state index is 0.0783. The first-order chi connectivity index (χ1) is 8.99. The Morgan fingerprint density at radius 2 is 2.11 bits per heavy atom. The number of esters is 1. The SMILES string of the molecule is CCOC(=O)C(NC(=O)c1ccc(CCl)o1)C(C)C. The van der Waals surface area contributed by atoms with Crippen molar-refractivity contribution in [1.82, 2.24) is 5.32 Å². The molecule has 0 saturated heterocycles. The Morgan fingerprint density at radius 3 is 2.58 bits per heavy atom. The Balaban J connectivity index is 2.73. The molecule has 1 atom stereocenters. The van der Waals surface area contributed by atoms with E-state index in [9.17, 15) is 9.59 Å². The Hall–Kier alpha value is -1.49. The van der Waals surface area contributed by atoms with Crippen LogP contribution in [0.15, 0.2) is 16.5 Å². The number of halogens is 1. The fourth-order valence-corrected chi connectivity index (χ4v) is 1.66. The van der Waals surface area contributed by atoms with Gasteiger partial charge in [0, 0.05) is 0 Å². The largest absolute Gasteiger partial charge is 0.464 e. The molecule has 0 radical (unpaired) electrons. The van der Waals surface area contributed by atoms with E-state index in [-0.39, 0.29) is 24.2 Å². The molecule has 0 spiro atoms. The van der Waals surface area contributed by atoms with Gasteiger partial charge in [-0.05, 0) is 25.0 Å². The molecule has 1 rings (SSSR count). The first-order valence-electron chi connectivity index (χ1n) is 6.11. The maximum Gasteiger partial charge on any atom is 0.328 e. The van der Waals surface area contributed by atoms with Gasteiger partial charge in [0.1, 0.15) is 11.8 Å². The molecule has 1 aromatic rings. The molecular weight excluding hydrogens is 270 g/mol. The fraction of sp³-hybridized carbons (Fsp3) is 0.538. The van der Waals surface area contributed by atoms with Gasteiger partial charge in [-0.3, -0.25) is 4.79 Å². The van der Waals surface area contributed by atoms with Crippen molar-refractivity contribution in [3.63, 3.8) is 0 Å². The first kappa shape index (κ1) is 15.6. The van der Waals surface area contributed by atoms with Crippen LogP contribution >= 0.6 is 11.6 Å². The topological polar surface area (TPSA) is 68.5 Å². The standard InChI is InChI=1S/C13H18ClNO4/c1-4-18-13(17)11(8(2)3)15-12(16)10-6-5-9(7-14)19-10/h5-6,8,11H,4,7H2,1-3H3,(H,15,16). The molecule has 5 nitrogen and oxygen atoms in total. The normalized spacial score (nSPS) is 12.3. The van der Waals surface area contributed by atoms with Crippen LogP contribution in [-0.4, -0.2) is 24.5 Å². The van der Waals surface area contributed by atoms with E-state index in [1.807, 2.05) is 13.8 Å². The van der Waals surface area contributed by atoms with Gasteiger partial charge in [-0.25, -0.2) is 4.79 Å².